The molecule has 4 unspecified atom stereocenters. The van der Waals surface area contributed by atoms with E-state index in [0.29, 0.717) is 24.8 Å². The van der Waals surface area contributed by atoms with Gasteiger partial charge < -0.3 is 20.5 Å². The lowest BCUT2D eigenvalue weighted by atomic mass is 9.74. The average Bonchev–Trinajstić information content (AvgIpc) is 3.50. The molecule has 1 saturated heterocycles. The summed E-state index contributed by atoms with van der Waals surface area (Å²) in [7, 11) is 0. The molecule has 8 heteroatoms. The molecule has 3 fully saturated rings. The minimum absolute atomic E-state index is 0.0106. The molecule has 6 nitrogen and oxygen atoms in total. The third kappa shape index (κ3) is 6.33. The van der Waals surface area contributed by atoms with Gasteiger partial charge in [0.15, 0.2) is 5.60 Å². The number of carbonyl (C=O) groups is 2. The Balaban J connectivity index is 1.38. The molecule has 0 aromatic heterocycles. The van der Waals surface area contributed by atoms with Gasteiger partial charge in [0.1, 0.15) is 11.6 Å². The molecule has 2 aromatic carbocycles. The van der Waals surface area contributed by atoms with Crippen molar-refractivity contribution >= 4 is 11.9 Å². The van der Waals surface area contributed by atoms with Crippen LogP contribution in [-0.4, -0.2) is 41.3 Å². The Kier molecular flexibility index (Phi) is 8.27. The molecule has 0 spiro atoms. The zero-order chi connectivity index (χ0) is 29.4. The van der Waals surface area contributed by atoms with Gasteiger partial charge in [0.2, 0.25) is 0 Å². The van der Waals surface area contributed by atoms with Crippen LogP contribution in [0.2, 0.25) is 0 Å². The van der Waals surface area contributed by atoms with Crippen LogP contribution in [-0.2, 0) is 31.7 Å². The lowest BCUT2D eigenvalue weighted by Crippen LogP contribution is -2.57. The highest BCUT2D eigenvalue weighted by Crippen LogP contribution is 2.45. The molecule has 1 heterocycles. The van der Waals surface area contributed by atoms with Crippen LogP contribution in [0.25, 0.3) is 0 Å². The van der Waals surface area contributed by atoms with E-state index < -0.39 is 35.3 Å². The van der Waals surface area contributed by atoms with Crippen LogP contribution in [0.5, 0.6) is 0 Å². The second-order valence-corrected chi connectivity index (χ2v) is 13.3. The van der Waals surface area contributed by atoms with Crippen molar-refractivity contribution < 1.29 is 28.2 Å². The maximum atomic E-state index is 14.0. The van der Waals surface area contributed by atoms with Crippen molar-refractivity contribution in [3.8, 4) is 0 Å². The Morgan fingerprint density at radius 3 is 2.39 bits per heavy atom. The molecule has 2 saturated carbocycles. The molecule has 3 aliphatic rings. The van der Waals surface area contributed by atoms with Crippen molar-refractivity contribution in [1.29, 1.82) is 0 Å². The van der Waals surface area contributed by atoms with Crippen molar-refractivity contribution in [3.63, 3.8) is 0 Å². The highest BCUT2D eigenvalue weighted by Gasteiger charge is 2.57. The minimum Gasteiger partial charge on any atom is -0.449 e. The third-order valence-corrected chi connectivity index (χ3v) is 9.31. The number of halogens is 2. The number of hydrogen-bond acceptors (Lipinski definition) is 5. The highest BCUT2D eigenvalue weighted by atomic mass is 19.1. The fourth-order valence-corrected chi connectivity index (χ4v) is 6.85. The molecular formula is C33H42F2N2O4. The molecule has 1 aliphatic heterocycles. The van der Waals surface area contributed by atoms with Gasteiger partial charge in [-0.3, -0.25) is 9.59 Å². The van der Waals surface area contributed by atoms with Crippen molar-refractivity contribution in [1.82, 2.24) is 10.6 Å². The van der Waals surface area contributed by atoms with E-state index in [4.69, 9.17) is 4.74 Å². The first-order valence-electron chi connectivity index (χ1n) is 14.9. The van der Waals surface area contributed by atoms with E-state index in [1.54, 1.807) is 0 Å². The van der Waals surface area contributed by atoms with Gasteiger partial charge in [0.05, 0.1) is 18.1 Å². The molecule has 2 bridgehead atoms. The monoisotopic (exact) mass is 568 g/mol. The molecule has 2 aliphatic carbocycles. The summed E-state index contributed by atoms with van der Waals surface area (Å²) in [5.74, 6) is -2.55. The van der Waals surface area contributed by atoms with Crippen LogP contribution in [0.15, 0.2) is 42.5 Å². The van der Waals surface area contributed by atoms with Gasteiger partial charge in [-0.25, -0.2) is 8.78 Å². The van der Waals surface area contributed by atoms with Crippen LogP contribution < -0.4 is 10.6 Å². The summed E-state index contributed by atoms with van der Waals surface area (Å²) in [6, 6.07) is 11.0. The summed E-state index contributed by atoms with van der Waals surface area (Å²) in [5.41, 5.74) is 1.15. The van der Waals surface area contributed by atoms with E-state index in [-0.39, 0.29) is 35.8 Å². The van der Waals surface area contributed by atoms with Crippen LogP contribution in [0.1, 0.15) is 88.8 Å². The first-order chi connectivity index (χ1) is 19.4. The van der Waals surface area contributed by atoms with Crippen molar-refractivity contribution in [2.45, 2.75) is 107 Å². The number of esters is 1. The van der Waals surface area contributed by atoms with Gasteiger partial charge >= 0.3 is 5.97 Å². The summed E-state index contributed by atoms with van der Waals surface area (Å²) in [6.45, 7) is 6.73. The number of hydrogen-bond donors (Lipinski definition) is 3. The van der Waals surface area contributed by atoms with E-state index in [0.717, 1.165) is 38.2 Å². The number of aliphatic hydroxyl groups excluding tert-OH is 1. The standard InChI is InChI=1S/C33H42F2N2O4/c1-31(2,3)23-8-7-9-24(17-23)32(11-5-4-6-12-32)36-20-28(38)27(16-21-14-25(34)18-26(35)15-21)37-30(40)33-13-10-22(19-33)29(39)41-33/h7-9,14-15,17-18,22,27-28,36,38H,4-6,10-13,16,19-20H2,1-3H3,(H,37,40). The number of ether oxygens (including phenoxy) is 1. The molecule has 2 aromatic rings. The van der Waals surface area contributed by atoms with Gasteiger partial charge in [-0.15, -0.1) is 0 Å². The van der Waals surface area contributed by atoms with E-state index in [9.17, 15) is 23.5 Å². The van der Waals surface area contributed by atoms with Gasteiger partial charge in [-0.05, 0) is 66.3 Å². The van der Waals surface area contributed by atoms with Crippen LogP contribution in [0.3, 0.4) is 0 Å². The largest absolute Gasteiger partial charge is 0.449 e. The number of benzene rings is 2. The SMILES string of the molecule is CC(C)(C)c1cccc(C2(NCC(O)C(Cc3cc(F)cc(F)c3)NC(=O)C34CCC(C3)C(=O)O4)CCCCC2)c1. The maximum Gasteiger partial charge on any atom is 0.310 e. The molecule has 5 rings (SSSR count). The Labute approximate surface area is 241 Å². The first-order valence-corrected chi connectivity index (χ1v) is 14.9. The third-order valence-electron chi connectivity index (χ3n) is 9.31. The molecule has 41 heavy (non-hydrogen) atoms. The Morgan fingerprint density at radius 2 is 1.78 bits per heavy atom. The van der Waals surface area contributed by atoms with Crippen molar-refractivity contribution in [2.24, 2.45) is 5.92 Å². The van der Waals surface area contributed by atoms with Crippen molar-refractivity contribution in [2.75, 3.05) is 6.54 Å². The van der Waals surface area contributed by atoms with Gasteiger partial charge in [0, 0.05) is 24.6 Å². The smallest absolute Gasteiger partial charge is 0.310 e. The predicted molar refractivity (Wildman–Crippen MR) is 152 cm³/mol. The van der Waals surface area contributed by atoms with Crippen LogP contribution in [0.4, 0.5) is 8.78 Å². The number of nitrogens with one attached hydrogen (secondary N) is 2. The quantitative estimate of drug-likeness (QED) is 0.362. The first kappa shape index (κ1) is 29.6. The summed E-state index contributed by atoms with van der Waals surface area (Å²) in [4.78, 5) is 25.6. The summed E-state index contributed by atoms with van der Waals surface area (Å²) in [5, 5.41) is 18.1. The maximum absolute atomic E-state index is 14.0. The topological polar surface area (TPSA) is 87.7 Å². The number of fused-ring (bicyclic) bond motifs is 2. The minimum atomic E-state index is -1.24. The fraction of sp³-hybridized carbons (Fsp3) is 0.576. The molecule has 1 amide bonds. The fourth-order valence-electron chi connectivity index (χ4n) is 6.85. The Hall–Kier alpha value is -2.84. The number of aliphatic hydroxyl groups is 1. The lowest BCUT2D eigenvalue weighted by Gasteiger charge is -2.41. The van der Waals surface area contributed by atoms with Gasteiger partial charge in [0.25, 0.3) is 5.91 Å². The summed E-state index contributed by atoms with van der Waals surface area (Å²) in [6.07, 6.45) is 5.38. The van der Waals surface area contributed by atoms with Crippen LogP contribution in [0, 0.1) is 17.6 Å². The number of amides is 1. The van der Waals surface area contributed by atoms with Crippen molar-refractivity contribution in [3.05, 3.63) is 70.8 Å². The Morgan fingerprint density at radius 1 is 1.07 bits per heavy atom. The van der Waals surface area contributed by atoms with Gasteiger partial charge in [-0.2, -0.15) is 0 Å². The van der Waals surface area contributed by atoms with Crippen LogP contribution >= 0.6 is 0 Å². The number of rotatable bonds is 9. The van der Waals surface area contributed by atoms with E-state index in [2.05, 4.69) is 55.7 Å². The lowest BCUT2D eigenvalue weighted by molar-refractivity contribution is -0.164. The molecule has 0 radical (unpaired) electrons. The molecular weight excluding hydrogens is 526 g/mol. The molecule has 3 N–H and O–H groups in total. The van der Waals surface area contributed by atoms with E-state index in [1.165, 1.54) is 23.3 Å². The number of carbonyl (C=O) groups excluding carboxylic acids is 2. The molecule has 222 valence electrons. The van der Waals surface area contributed by atoms with Gasteiger partial charge in [-0.1, -0.05) is 64.3 Å². The molecule has 4 atom stereocenters. The van der Waals surface area contributed by atoms with E-state index in [1.807, 2.05) is 0 Å². The second kappa shape index (κ2) is 11.4. The summed E-state index contributed by atoms with van der Waals surface area (Å²) < 4.78 is 33.6. The summed E-state index contributed by atoms with van der Waals surface area (Å²) >= 11 is 0. The highest BCUT2D eigenvalue weighted by molar-refractivity contribution is 5.93. The van der Waals surface area contributed by atoms with E-state index >= 15 is 0 Å². The average molecular weight is 569 g/mol. The predicted octanol–water partition coefficient (Wildman–Crippen LogP) is 5.20. The second-order valence-electron chi connectivity index (χ2n) is 13.3. The zero-order valence-electron chi connectivity index (χ0n) is 24.3. The zero-order valence-corrected chi connectivity index (χ0v) is 24.3. The normalized spacial score (nSPS) is 25.0. The Bertz CT molecular complexity index is 1270.